The monoisotopic (exact) mass is 338 g/mol. The lowest BCUT2D eigenvalue weighted by Crippen LogP contribution is -2.47. The van der Waals surface area contributed by atoms with E-state index in [1.54, 1.807) is 6.92 Å². The van der Waals surface area contributed by atoms with Crippen molar-refractivity contribution < 1.29 is 19.4 Å². The van der Waals surface area contributed by atoms with Crippen LogP contribution in [0.3, 0.4) is 0 Å². The van der Waals surface area contributed by atoms with E-state index in [1.807, 2.05) is 16.7 Å². The van der Waals surface area contributed by atoms with E-state index in [4.69, 9.17) is 4.74 Å². The first-order chi connectivity index (χ1) is 11.4. The second-order valence-corrected chi connectivity index (χ2v) is 8.15. The highest BCUT2D eigenvalue weighted by Gasteiger charge is 2.52. The summed E-state index contributed by atoms with van der Waals surface area (Å²) in [5, 5.41) is 9.80. The van der Waals surface area contributed by atoms with Crippen LogP contribution in [0.25, 0.3) is 0 Å². The number of hydrogen-bond donors (Lipinski definition) is 1. The number of carbonyl (C=O) groups is 2. The maximum atomic E-state index is 12.7. The molecule has 2 amide bonds. The third-order valence-electron chi connectivity index (χ3n) is 6.33. The molecule has 1 atom stereocenters. The Morgan fingerprint density at radius 3 is 2.33 bits per heavy atom. The van der Waals surface area contributed by atoms with Gasteiger partial charge < -0.3 is 19.6 Å². The van der Waals surface area contributed by atoms with Crippen molar-refractivity contribution in [1.82, 2.24) is 9.80 Å². The van der Waals surface area contributed by atoms with E-state index in [1.165, 1.54) is 0 Å². The number of rotatable bonds is 2. The first-order valence-electron chi connectivity index (χ1n) is 9.15. The Labute approximate surface area is 144 Å². The molecular weight excluding hydrogens is 308 g/mol. The molecule has 3 rings (SSSR count). The van der Waals surface area contributed by atoms with Crippen molar-refractivity contribution >= 4 is 11.8 Å². The Morgan fingerprint density at radius 2 is 1.83 bits per heavy atom. The number of ether oxygens (including phenoxy) is 1. The normalized spacial score (nSPS) is 30.8. The molecule has 0 unspecified atom stereocenters. The lowest BCUT2D eigenvalue weighted by atomic mass is 9.74. The van der Waals surface area contributed by atoms with Crippen LogP contribution in [-0.2, 0) is 14.3 Å². The number of piperidine rings is 1. The van der Waals surface area contributed by atoms with Crippen LogP contribution in [0, 0.1) is 11.3 Å². The molecule has 0 aromatic carbocycles. The summed E-state index contributed by atoms with van der Waals surface area (Å²) >= 11 is 0. The van der Waals surface area contributed by atoms with E-state index in [-0.39, 0.29) is 29.8 Å². The molecule has 3 fully saturated rings. The quantitative estimate of drug-likeness (QED) is 0.816. The summed E-state index contributed by atoms with van der Waals surface area (Å²) in [5.41, 5.74) is -0.408. The zero-order chi connectivity index (χ0) is 17.4. The van der Waals surface area contributed by atoms with Crippen molar-refractivity contribution in [2.75, 3.05) is 39.5 Å². The predicted molar refractivity (Wildman–Crippen MR) is 89.3 cm³/mol. The molecule has 136 valence electrons. The molecule has 6 nitrogen and oxygen atoms in total. The number of hydrogen-bond acceptors (Lipinski definition) is 4. The van der Waals surface area contributed by atoms with Crippen molar-refractivity contribution in [3.05, 3.63) is 0 Å². The van der Waals surface area contributed by atoms with Gasteiger partial charge in [-0.2, -0.15) is 0 Å². The number of likely N-dealkylation sites (tertiary alicyclic amines) is 2. The van der Waals surface area contributed by atoms with Crippen LogP contribution < -0.4 is 0 Å². The highest BCUT2D eigenvalue weighted by molar-refractivity contribution is 5.79. The van der Waals surface area contributed by atoms with Crippen molar-refractivity contribution in [2.24, 2.45) is 11.3 Å². The van der Waals surface area contributed by atoms with E-state index in [2.05, 4.69) is 0 Å². The van der Waals surface area contributed by atoms with Gasteiger partial charge in [-0.3, -0.25) is 9.59 Å². The Bertz CT molecular complexity index is 495. The highest BCUT2D eigenvalue weighted by atomic mass is 16.5. The van der Waals surface area contributed by atoms with Gasteiger partial charge in [0.1, 0.15) is 0 Å². The van der Waals surface area contributed by atoms with Gasteiger partial charge in [0.25, 0.3) is 0 Å². The fourth-order valence-electron chi connectivity index (χ4n) is 4.86. The number of carbonyl (C=O) groups excluding carboxylic acids is 2. The smallest absolute Gasteiger partial charge is 0.225 e. The topological polar surface area (TPSA) is 70.1 Å². The molecular formula is C18H30N2O4. The summed E-state index contributed by atoms with van der Waals surface area (Å²) in [6.07, 6.45) is 4.33. The van der Waals surface area contributed by atoms with Gasteiger partial charge in [-0.15, -0.1) is 0 Å². The summed E-state index contributed by atoms with van der Waals surface area (Å²) in [6.45, 7) is 7.18. The van der Waals surface area contributed by atoms with Gasteiger partial charge in [0.2, 0.25) is 11.8 Å². The van der Waals surface area contributed by atoms with Gasteiger partial charge in [-0.05, 0) is 44.4 Å². The van der Waals surface area contributed by atoms with E-state index < -0.39 is 5.54 Å². The van der Waals surface area contributed by atoms with Gasteiger partial charge in [-0.25, -0.2) is 0 Å². The molecule has 0 aromatic rings. The lowest BCUT2D eigenvalue weighted by Gasteiger charge is -2.41. The number of aliphatic hydroxyl groups is 1. The predicted octanol–water partition coefficient (Wildman–Crippen LogP) is 1.03. The van der Waals surface area contributed by atoms with Crippen molar-refractivity contribution in [2.45, 2.75) is 51.5 Å². The van der Waals surface area contributed by atoms with Crippen LogP contribution in [0.5, 0.6) is 0 Å². The Hall–Kier alpha value is -1.14. The third-order valence-corrected chi connectivity index (χ3v) is 6.33. The van der Waals surface area contributed by atoms with E-state index in [0.717, 1.165) is 45.2 Å². The second-order valence-electron chi connectivity index (χ2n) is 8.15. The Morgan fingerprint density at radius 1 is 1.21 bits per heavy atom. The van der Waals surface area contributed by atoms with E-state index in [9.17, 15) is 14.7 Å². The molecule has 3 aliphatic rings. The van der Waals surface area contributed by atoms with Crippen LogP contribution in [0.1, 0.15) is 46.0 Å². The number of nitrogens with zero attached hydrogens (tertiary/aromatic N) is 2. The van der Waals surface area contributed by atoms with E-state index >= 15 is 0 Å². The lowest BCUT2D eigenvalue weighted by molar-refractivity contribution is -0.141. The molecule has 0 aromatic heterocycles. The minimum atomic E-state index is -0.460. The van der Waals surface area contributed by atoms with Crippen LogP contribution in [0.4, 0.5) is 0 Å². The van der Waals surface area contributed by atoms with Crippen LogP contribution in [0.15, 0.2) is 0 Å². The zero-order valence-electron chi connectivity index (χ0n) is 14.9. The molecule has 0 radical (unpaired) electrons. The molecule has 1 N–H and O–H groups in total. The van der Waals surface area contributed by atoms with Gasteiger partial charge in [0.15, 0.2) is 0 Å². The zero-order valence-corrected chi connectivity index (χ0v) is 14.9. The molecule has 24 heavy (non-hydrogen) atoms. The average molecular weight is 338 g/mol. The fraction of sp³-hybridized carbons (Fsp3) is 0.889. The first kappa shape index (κ1) is 17.7. The van der Waals surface area contributed by atoms with Gasteiger partial charge >= 0.3 is 0 Å². The maximum absolute atomic E-state index is 12.7. The van der Waals surface area contributed by atoms with Crippen LogP contribution >= 0.6 is 0 Å². The number of aliphatic hydroxyl groups excluding tert-OH is 1. The van der Waals surface area contributed by atoms with Crippen molar-refractivity contribution in [1.29, 1.82) is 0 Å². The first-order valence-corrected chi connectivity index (χ1v) is 9.15. The molecule has 6 heteroatoms. The molecule has 0 aliphatic carbocycles. The molecule has 1 spiro atoms. The third kappa shape index (κ3) is 3.18. The summed E-state index contributed by atoms with van der Waals surface area (Å²) in [7, 11) is 0. The highest BCUT2D eigenvalue weighted by Crippen LogP contribution is 2.48. The van der Waals surface area contributed by atoms with E-state index in [0.29, 0.717) is 19.8 Å². The molecule has 3 aliphatic heterocycles. The Kier molecular flexibility index (Phi) is 4.89. The second kappa shape index (κ2) is 6.64. The standard InChI is InChI=1S/C18H30N2O4/c1-14(22)20-12-18(11-17(20,2)13-21)5-7-19(8-6-18)16(23)15-3-9-24-10-4-15/h15,21H,3-13H2,1-2H3/t17-/m1/s1. The SMILES string of the molecule is CC(=O)N1CC2(CCN(C(=O)C3CCOCC3)CC2)C[C@]1(C)CO. The van der Waals surface area contributed by atoms with Crippen LogP contribution in [-0.4, -0.2) is 71.7 Å². The maximum Gasteiger partial charge on any atom is 0.225 e. The summed E-state index contributed by atoms with van der Waals surface area (Å²) in [4.78, 5) is 28.5. The largest absolute Gasteiger partial charge is 0.394 e. The molecule has 3 saturated heterocycles. The van der Waals surface area contributed by atoms with Gasteiger partial charge in [-0.1, -0.05) is 0 Å². The Balaban J connectivity index is 1.62. The van der Waals surface area contributed by atoms with Gasteiger partial charge in [0.05, 0.1) is 12.1 Å². The summed E-state index contributed by atoms with van der Waals surface area (Å²) < 4.78 is 5.35. The minimum Gasteiger partial charge on any atom is -0.394 e. The summed E-state index contributed by atoms with van der Waals surface area (Å²) in [5.74, 6) is 0.427. The molecule has 0 bridgehead atoms. The fourth-order valence-corrected chi connectivity index (χ4v) is 4.86. The average Bonchev–Trinajstić information content (AvgIpc) is 2.89. The van der Waals surface area contributed by atoms with Crippen molar-refractivity contribution in [3.8, 4) is 0 Å². The molecule has 3 heterocycles. The van der Waals surface area contributed by atoms with Gasteiger partial charge in [0, 0.05) is 45.7 Å². The van der Waals surface area contributed by atoms with Crippen molar-refractivity contribution in [3.63, 3.8) is 0 Å². The minimum absolute atomic E-state index is 0.000944. The summed E-state index contributed by atoms with van der Waals surface area (Å²) in [6, 6.07) is 0. The van der Waals surface area contributed by atoms with Crippen LogP contribution in [0.2, 0.25) is 0 Å². The molecule has 0 saturated carbocycles. The number of amides is 2.